The maximum Gasteiger partial charge on any atom is 0.404 e. The molecule has 0 spiro atoms. The van der Waals surface area contributed by atoms with Crippen molar-refractivity contribution in [3.8, 4) is 17.3 Å². The Bertz CT molecular complexity index is 1050. The van der Waals surface area contributed by atoms with Gasteiger partial charge in [-0.25, -0.2) is 9.78 Å². The van der Waals surface area contributed by atoms with Gasteiger partial charge in [-0.1, -0.05) is 48.9 Å². The molecule has 3 rings (SSSR count). The number of carbonyl (C=O) groups excluding carboxylic acids is 2. The largest absolute Gasteiger partial charge is 0.445 e. The summed E-state index contributed by atoms with van der Waals surface area (Å²) in [5.41, 5.74) is 13.5. The summed E-state index contributed by atoms with van der Waals surface area (Å²) >= 11 is 1.40. The minimum Gasteiger partial charge on any atom is -0.445 e. The van der Waals surface area contributed by atoms with Gasteiger partial charge in [-0.3, -0.25) is 4.79 Å². The van der Waals surface area contributed by atoms with Crippen molar-refractivity contribution >= 4 is 28.5 Å². The van der Waals surface area contributed by atoms with Crippen LogP contribution in [0, 0.1) is 11.3 Å². The minimum atomic E-state index is -0.742. The molecule has 0 aliphatic carbocycles. The first-order valence-electron chi connectivity index (χ1n) is 10.4. The van der Waals surface area contributed by atoms with Crippen LogP contribution in [0.2, 0.25) is 0 Å². The van der Waals surface area contributed by atoms with Crippen molar-refractivity contribution in [1.82, 2.24) is 4.98 Å². The SMILES string of the molecule is N#Cc1ccc(-c2csc(NC(=O)CCCCCN)n2)cc1.NC(=O)OCc1ccccc1. The number of unbranched alkanes of at least 4 members (excludes halogenated alkanes) is 2. The fourth-order valence-corrected chi connectivity index (χ4v) is 3.43. The molecule has 3 aromatic rings. The maximum absolute atomic E-state index is 11.8. The maximum atomic E-state index is 11.8. The molecule has 0 fully saturated rings. The Morgan fingerprint density at radius 1 is 1.06 bits per heavy atom. The number of carbonyl (C=O) groups is 2. The van der Waals surface area contributed by atoms with Crippen LogP contribution >= 0.6 is 11.3 Å². The van der Waals surface area contributed by atoms with Crippen LogP contribution in [0.25, 0.3) is 11.3 Å². The fourth-order valence-electron chi connectivity index (χ4n) is 2.70. The lowest BCUT2D eigenvalue weighted by Gasteiger charge is -2.01. The van der Waals surface area contributed by atoms with E-state index in [0.29, 0.717) is 23.7 Å². The van der Waals surface area contributed by atoms with Crippen molar-refractivity contribution in [2.75, 3.05) is 11.9 Å². The smallest absolute Gasteiger partial charge is 0.404 e. The quantitative estimate of drug-likeness (QED) is 0.399. The third-order valence-electron chi connectivity index (χ3n) is 4.39. The van der Waals surface area contributed by atoms with Gasteiger partial charge in [-0.2, -0.15) is 5.26 Å². The molecule has 5 N–H and O–H groups in total. The molecule has 2 aromatic carbocycles. The standard InChI is InChI=1S/C16H18N4OS.C8H9NO2/c17-9-3-1-2-4-15(21)20-16-19-14(11-22-16)13-7-5-12(10-18)6-8-13;9-8(10)11-6-7-4-2-1-3-5-7/h5-8,11H,1-4,9,17H2,(H,19,20,21);1-5H,6H2,(H2,9,10). The van der Waals surface area contributed by atoms with E-state index >= 15 is 0 Å². The Kier molecular flexibility index (Phi) is 11.1. The van der Waals surface area contributed by atoms with E-state index in [1.54, 1.807) is 12.1 Å². The summed E-state index contributed by atoms with van der Waals surface area (Å²) in [4.78, 5) is 26.4. The van der Waals surface area contributed by atoms with Crippen LogP contribution in [0.15, 0.2) is 60.0 Å². The van der Waals surface area contributed by atoms with Crippen LogP contribution in [0.3, 0.4) is 0 Å². The first kappa shape index (κ1) is 25.5. The van der Waals surface area contributed by atoms with Crippen LogP contribution in [-0.4, -0.2) is 23.5 Å². The molecular weight excluding hydrogens is 438 g/mol. The third-order valence-corrected chi connectivity index (χ3v) is 5.15. The number of aromatic nitrogens is 1. The predicted octanol–water partition coefficient (Wildman–Crippen LogP) is 4.42. The molecule has 0 bridgehead atoms. The highest BCUT2D eigenvalue weighted by atomic mass is 32.1. The molecule has 33 heavy (non-hydrogen) atoms. The van der Waals surface area contributed by atoms with Gasteiger partial charge in [0.25, 0.3) is 0 Å². The molecule has 1 aromatic heterocycles. The van der Waals surface area contributed by atoms with E-state index < -0.39 is 6.09 Å². The van der Waals surface area contributed by atoms with Crippen molar-refractivity contribution in [2.45, 2.75) is 32.3 Å². The third kappa shape index (κ3) is 9.95. The molecule has 172 valence electrons. The number of amides is 2. The van der Waals surface area contributed by atoms with Crippen molar-refractivity contribution in [2.24, 2.45) is 11.5 Å². The van der Waals surface area contributed by atoms with E-state index in [2.05, 4.69) is 21.1 Å². The van der Waals surface area contributed by atoms with Gasteiger partial charge in [0.15, 0.2) is 5.13 Å². The van der Waals surface area contributed by atoms with E-state index in [1.807, 2.05) is 47.8 Å². The van der Waals surface area contributed by atoms with Gasteiger partial charge in [0.2, 0.25) is 5.91 Å². The summed E-state index contributed by atoms with van der Waals surface area (Å²) in [6, 6.07) is 18.7. The zero-order chi connectivity index (χ0) is 23.9. The van der Waals surface area contributed by atoms with Gasteiger partial charge >= 0.3 is 6.09 Å². The van der Waals surface area contributed by atoms with Crippen LogP contribution in [-0.2, 0) is 16.1 Å². The first-order chi connectivity index (χ1) is 16.0. The summed E-state index contributed by atoms with van der Waals surface area (Å²) in [5, 5.41) is 14.1. The molecule has 2 amide bonds. The van der Waals surface area contributed by atoms with Crippen LogP contribution in [0.5, 0.6) is 0 Å². The Hall–Kier alpha value is -3.74. The minimum absolute atomic E-state index is 0.0160. The molecule has 0 aliphatic rings. The molecule has 1 heterocycles. The lowest BCUT2D eigenvalue weighted by Crippen LogP contribution is -2.12. The van der Waals surface area contributed by atoms with Gasteiger partial charge in [-0.15, -0.1) is 11.3 Å². The van der Waals surface area contributed by atoms with E-state index in [4.69, 9.17) is 16.7 Å². The summed E-state index contributed by atoms with van der Waals surface area (Å²) in [6.45, 7) is 0.915. The lowest BCUT2D eigenvalue weighted by atomic mass is 10.1. The number of nitriles is 1. The van der Waals surface area contributed by atoms with Crippen LogP contribution < -0.4 is 16.8 Å². The number of rotatable bonds is 9. The highest BCUT2D eigenvalue weighted by molar-refractivity contribution is 7.14. The number of hydrogen-bond donors (Lipinski definition) is 3. The van der Waals surface area contributed by atoms with Crippen molar-refractivity contribution in [3.05, 3.63) is 71.1 Å². The predicted molar refractivity (Wildman–Crippen MR) is 129 cm³/mol. The number of nitrogens with two attached hydrogens (primary N) is 2. The van der Waals surface area contributed by atoms with E-state index in [0.717, 1.165) is 36.1 Å². The monoisotopic (exact) mass is 465 g/mol. The normalized spacial score (nSPS) is 9.82. The zero-order valence-electron chi connectivity index (χ0n) is 18.2. The topological polar surface area (TPSA) is 144 Å². The van der Waals surface area contributed by atoms with E-state index in [1.165, 1.54) is 11.3 Å². The average molecular weight is 466 g/mol. The first-order valence-corrected chi connectivity index (χ1v) is 11.3. The second-order valence-electron chi connectivity index (χ2n) is 6.97. The Morgan fingerprint density at radius 2 is 1.79 bits per heavy atom. The highest BCUT2D eigenvalue weighted by Crippen LogP contribution is 2.25. The van der Waals surface area contributed by atoms with Crippen LogP contribution in [0.4, 0.5) is 9.93 Å². The summed E-state index contributed by atoms with van der Waals surface area (Å²) < 4.78 is 4.57. The van der Waals surface area contributed by atoms with Crippen molar-refractivity contribution in [1.29, 1.82) is 5.26 Å². The second kappa shape index (κ2) is 14.3. The Morgan fingerprint density at radius 3 is 2.42 bits per heavy atom. The summed E-state index contributed by atoms with van der Waals surface area (Å²) in [5.74, 6) is -0.0160. The molecule has 8 nitrogen and oxygen atoms in total. The van der Waals surface area contributed by atoms with Gasteiger partial charge in [0.1, 0.15) is 6.61 Å². The molecule has 0 radical (unpaired) electrons. The average Bonchev–Trinajstić information content (AvgIpc) is 3.30. The second-order valence-corrected chi connectivity index (χ2v) is 7.83. The fraction of sp³-hybridized carbons (Fsp3) is 0.250. The molecule has 0 unspecified atom stereocenters. The van der Waals surface area contributed by atoms with Gasteiger partial charge in [0.05, 0.1) is 17.3 Å². The number of hydrogen-bond acceptors (Lipinski definition) is 7. The summed E-state index contributed by atoms with van der Waals surface area (Å²) in [7, 11) is 0. The number of thiazole rings is 1. The van der Waals surface area contributed by atoms with Gasteiger partial charge in [0, 0.05) is 17.4 Å². The number of ether oxygens (including phenoxy) is 1. The van der Waals surface area contributed by atoms with Crippen molar-refractivity contribution in [3.63, 3.8) is 0 Å². The zero-order valence-corrected chi connectivity index (χ0v) is 19.0. The number of primary amides is 1. The van der Waals surface area contributed by atoms with Gasteiger partial charge < -0.3 is 21.5 Å². The van der Waals surface area contributed by atoms with E-state index in [9.17, 15) is 9.59 Å². The molecule has 0 saturated heterocycles. The molecule has 0 saturated carbocycles. The van der Waals surface area contributed by atoms with E-state index in [-0.39, 0.29) is 12.5 Å². The van der Waals surface area contributed by atoms with Crippen molar-refractivity contribution < 1.29 is 14.3 Å². The summed E-state index contributed by atoms with van der Waals surface area (Å²) in [6.07, 6.45) is 2.52. The number of nitrogens with one attached hydrogen (secondary N) is 1. The Labute approximate surface area is 197 Å². The molecular formula is C24H27N5O3S. The van der Waals surface area contributed by atoms with Crippen LogP contribution in [0.1, 0.15) is 36.8 Å². The number of nitrogens with zero attached hydrogens (tertiary/aromatic N) is 2. The van der Waals surface area contributed by atoms with Gasteiger partial charge in [-0.05, 0) is 37.1 Å². The lowest BCUT2D eigenvalue weighted by molar-refractivity contribution is -0.116. The Balaban J connectivity index is 0.000000294. The number of anilines is 1. The highest BCUT2D eigenvalue weighted by Gasteiger charge is 2.08. The molecule has 0 atom stereocenters. The number of benzene rings is 2. The molecule has 0 aliphatic heterocycles. The molecule has 9 heteroatoms.